The van der Waals surface area contributed by atoms with Crippen molar-refractivity contribution in [2.75, 3.05) is 0 Å². The van der Waals surface area contributed by atoms with Crippen LogP contribution in [0.5, 0.6) is 0 Å². The first kappa shape index (κ1) is 40.7. The largest absolute Gasteiger partial charge is 0.417 e. The van der Waals surface area contributed by atoms with Crippen LogP contribution in [0.2, 0.25) is 0 Å². The van der Waals surface area contributed by atoms with Crippen LogP contribution in [0.3, 0.4) is 0 Å². The number of aromatic nitrogens is 2. The topological polar surface area (TPSA) is 9.86 Å². The number of nitrogens with zero attached hydrogens (tertiary/aromatic N) is 2. The summed E-state index contributed by atoms with van der Waals surface area (Å²) in [5, 5.41) is 2.87. The highest BCUT2D eigenvalue weighted by atomic mass is 19.4. The van der Waals surface area contributed by atoms with Crippen LogP contribution >= 0.6 is 0 Å². The van der Waals surface area contributed by atoms with E-state index in [0.29, 0.717) is 49.5 Å². The maximum absolute atomic E-state index is 15.1. The Bertz CT molecular complexity index is 3420. The molecule has 0 aliphatic carbocycles. The van der Waals surface area contributed by atoms with Gasteiger partial charge in [0.15, 0.2) is 0 Å². The summed E-state index contributed by atoms with van der Waals surface area (Å²) in [6.07, 6.45) is -14.7. The Morgan fingerprint density at radius 2 is 0.734 bits per heavy atom. The number of hydrogen-bond acceptors (Lipinski definition) is 0. The molecule has 0 radical (unpaired) electrons. The number of fused-ring (bicyclic) bond motifs is 6. The Hall–Kier alpha value is -7.34. The molecule has 0 unspecified atom stereocenters. The van der Waals surface area contributed by atoms with Gasteiger partial charge >= 0.3 is 18.5 Å². The summed E-state index contributed by atoms with van der Waals surface area (Å²) in [5.41, 5.74) is 0.606. The number of halogens is 10. The van der Waals surface area contributed by atoms with Gasteiger partial charge in [0, 0.05) is 32.9 Å². The van der Waals surface area contributed by atoms with Gasteiger partial charge < -0.3 is 9.13 Å². The van der Waals surface area contributed by atoms with Crippen molar-refractivity contribution in [2.45, 2.75) is 25.2 Å². The summed E-state index contributed by atoms with van der Waals surface area (Å²) in [6.45, 7) is -0.645. The van der Waals surface area contributed by atoms with Gasteiger partial charge in [-0.2, -0.15) is 39.5 Å². The smallest absolute Gasteiger partial charge is 0.309 e. The standard InChI is InChI=1S/C52H30F10N2/c53-29-30-9-11-31(12-10-30)33-15-21-40-38-5-1-3-7-46(38)63(48(40)25-33)36-19-23-44(51(57,58)59)42(27-36)43-28-37(20-24-45(43)52(60,61)62)64-47-8-4-2-6-39(47)41-22-16-34(26-49(41)64)32-13-17-35(18-14-32)50(54,55)56/h1-28H,29H2. The summed E-state index contributed by atoms with van der Waals surface area (Å²) in [4.78, 5) is 0. The van der Waals surface area contributed by atoms with Crippen LogP contribution in [0.1, 0.15) is 22.3 Å². The van der Waals surface area contributed by atoms with Crippen LogP contribution < -0.4 is 0 Å². The molecule has 10 rings (SSSR count). The van der Waals surface area contributed by atoms with Crippen molar-refractivity contribution in [3.8, 4) is 44.8 Å². The van der Waals surface area contributed by atoms with Crippen molar-refractivity contribution in [3.05, 3.63) is 192 Å². The fraction of sp³-hybridized carbons (Fsp3) is 0.0769. The zero-order chi connectivity index (χ0) is 44.7. The highest BCUT2D eigenvalue weighted by Gasteiger charge is 2.39. The van der Waals surface area contributed by atoms with Gasteiger partial charge in [0.05, 0.1) is 38.8 Å². The molecule has 0 N–H and O–H groups in total. The molecule has 2 nitrogen and oxygen atoms in total. The number of para-hydroxylation sites is 2. The van der Waals surface area contributed by atoms with Gasteiger partial charge in [-0.1, -0.05) is 97.1 Å². The Morgan fingerprint density at radius 1 is 0.344 bits per heavy atom. The van der Waals surface area contributed by atoms with Gasteiger partial charge in [0.25, 0.3) is 0 Å². The third-order valence-corrected chi connectivity index (χ3v) is 11.8. The minimum atomic E-state index is -5.08. The average molecular weight is 873 g/mol. The monoisotopic (exact) mass is 872 g/mol. The van der Waals surface area contributed by atoms with Crippen molar-refractivity contribution < 1.29 is 43.9 Å². The lowest BCUT2D eigenvalue weighted by Crippen LogP contribution is -2.12. The molecule has 0 spiro atoms. The van der Waals surface area contributed by atoms with E-state index in [-0.39, 0.29) is 11.4 Å². The highest BCUT2D eigenvalue weighted by molar-refractivity contribution is 6.11. The van der Waals surface area contributed by atoms with E-state index in [0.717, 1.165) is 58.3 Å². The molecule has 10 aromatic rings. The number of alkyl halides is 10. The molecule has 64 heavy (non-hydrogen) atoms. The van der Waals surface area contributed by atoms with Gasteiger partial charge in [-0.05, 0) is 112 Å². The summed E-state index contributed by atoms with van der Waals surface area (Å²) in [6, 6.07) is 42.7. The summed E-state index contributed by atoms with van der Waals surface area (Å²) in [7, 11) is 0. The second-order valence-corrected chi connectivity index (χ2v) is 15.5. The van der Waals surface area contributed by atoms with Crippen LogP contribution in [0.25, 0.3) is 88.4 Å². The van der Waals surface area contributed by atoms with E-state index in [2.05, 4.69) is 0 Å². The lowest BCUT2D eigenvalue weighted by Gasteiger charge is -2.21. The van der Waals surface area contributed by atoms with Gasteiger partial charge in [-0.25, -0.2) is 4.39 Å². The SMILES string of the molecule is FCc1ccc(-c2ccc3c4ccccc4n(-c4ccc(C(F)(F)F)c(-c5cc(-n6c7ccccc7c7ccc(-c8ccc(C(F)(F)F)cc8)cc76)ccc5C(F)(F)F)c4)c3c2)cc1. The zero-order valence-corrected chi connectivity index (χ0v) is 33.0. The Labute approximate surface area is 357 Å². The van der Waals surface area contributed by atoms with Crippen molar-refractivity contribution in [2.24, 2.45) is 0 Å². The van der Waals surface area contributed by atoms with Crippen LogP contribution in [0.15, 0.2) is 170 Å². The number of benzene rings is 8. The van der Waals surface area contributed by atoms with Gasteiger partial charge in [0.1, 0.15) is 6.67 Å². The highest BCUT2D eigenvalue weighted by Crippen LogP contribution is 2.46. The van der Waals surface area contributed by atoms with Gasteiger partial charge in [0.2, 0.25) is 0 Å². The Balaban J connectivity index is 1.21. The van der Waals surface area contributed by atoms with Crippen LogP contribution in [-0.2, 0) is 25.2 Å². The molecule has 0 fully saturated rings. The van der Waals surface area contributed by atoms with Gasteiger partial charge in [-0.3, -0.25) is 0 Å². The van der Waals surface area contributed by atoms with E-state index in [1.165, 1.54) is 24.3 Å². The van der Waals surface area contributed by atoms with Crippen molar-refractivity contribution >= 4 is 43.6 Å². The molecular weight excluding hydrogens is 843 g/mol. The third kappa shape index (κ3) is 6.93. The second-order valence-electron chi connectivity index (χ2n) is 15.5. The molecule has 0 bridgehead atoms. The summed E-state index contributed by atoms with van der Waals surface area (Å²) >= 11 is 0. The molecule has 12 heteroatoms. The molecule has 2 aromatic heterocycles. The third-order valence-electron chi connectivity index (χ3n) is 11.8. The van der Waals surface area contributed by atoms with Crippen molar-refractivity contribution in [1.29, 1.82) is 0 Å². The molecule has 0 amide bonds. The lowest BCUT2D eigenvalue weighted by atomic mass is 9.93. The molecule has 0 aliphatic heterocycles. The minimum Gasteiger partial charge on any atom is -0.309 e. The quantitative estimate of drug-likeness (QED) is 0.147. The van der Waals surface area contributed by atoms with E-state index in [9.17, 15) is 17.6 Å². The molecule has 2 heterocycles. The normalized spacial score (nSPS) is 12.6. The van der Waals surface area contributed by atoms with E-state index in [1.807, 2.05) is 30.3 Å². The summed E-state index contributed by atoms with van der Waals surface area (Å²) < 4.78 is 148. The van der Waals surface area contributed by atoms with E-state index in [4.69, 9.17) is 0 Å². The predicted octanol–water partition coefficient (Wildman–Crippen LogP) is 16.4. The average Bonchev–Trinajstić information content (AvgIpc) is 3.80. The van der Waals surface area contributed by atoms with Crippen LogP contribution in [-0.4, -0.2) is 9.13 Å². The first-order valence-electron chi connectivity index (χ1n) is 19.9. The molecule has 0 aliphatic rings. The Kier molecular flexibility index (Phi) is 9.48. The maximum Gasteiger partial charge on any atom is 0.417 e. The van der Waals surface area contributed by atoms with E-state index < -0.39 is 53.0 Å². The first-order chi connectivity index (χ1) is 30.6. The van der Waals surface area contributed by atoms with Crippen molar-refractivity contribution in [1.82, 2.24) is 9.13 Å². The predicted molar refractivity (Wildman–Crippen MR) is 231 cm³/mol. The molecule has 318 valence electrons. The molecule has 0 saturated carbocycles. The fourth-order valence-corrected chi connectivity index (χ4v) is 8.78. The van der Waals surface area contributed by atoms with E-state index >= 15 is 26.3 Å². The number of hydrogen-bond donors (Lipinski definition) is 0. The fourth-order valence-electron chi connectivity index (χ4n) is 8.78. The minimum absolute atomic E-state index is 0.123. The first-order valence-corrected chi connectivity index (χ1v) is 19.9. The zero-order valence-electron chi connectivity index (χ0n) is 33.0. The molecule has 0 atom stereocenters. The molecule has 8 aromatic carbocycles. The summed E-state index contributed by atoms with van der Waals surface area (Å²) in [5.74, 6) is 0. The van der Waals surface area contributed by atoms with E-state index in [1.54, 1.807) is 88.0 Å². The lowest BCUT2D eigenvalue weighted by molar-refractivity contribution is -0.139. The van der Waals surface area contributed by atoms with Gasteiger partial charge in [-0.15, -0.1) is 0 Å². The molecule has 0 saturated heterocycles. The second kappa shape index (κ2) is 14.9. The van der Waals surface area contributed by atoms with Crippen LogP contribution in [0.4, 0.5) is 43.9 Å². The van der Waals surface area contributed by atoms with Crippen molar-refractivity contribution in [3.63, 3.8) is 0 Å². The molecular formula is C52H30F10N2. The van der Waals surface area contributed by atoms with Crippen LogP contribution in [0, 0.1) is 0 Å². The number of rotatable bonds is 6. The Morgan fingerprint density at radius 3 is 1.14 bits per heavy atom. The maximum atomic E-state index is 15.1.